The largest absolute Gasteiger partial charge is 0.496 e. The van der Waals surface area contributed by atoms with Gasteiger partial charge in [0.05, 0.1) is 7.11 Å². The molecule has 1 aromatic heterocycles. The molecule has 0 radical (unpaired) electrons. The summed E-state index contributed by atoms with van der Waals surface area (Å²) in [6.45, 7) is 0. The summed E-state index contributed by atoms with van der Waals surface area (Å²) >= 11 is 7.71. The second-order valence-electron chi connectivity index (χ2n) is 4.59. The van der Waals surface area contributed by atoms with E-state index in [0.717, 1.165) is 22.2 Å². The fraction of sp³-hybridized carbons (Fsp3) is 0.357. The third-order valence-corrected chi connectivity index (χ3v) is 4.44. The van der Waals surface area contributed by atoms with E-state index in [9.17, 15) is 0 Å². The number of hydrogen-bond acceptors (Lipinski definition) is 3. The fourth-order valence-corrected chi connectivity index (χ4v) is 3.20. The predicted molar refractivity (Wildman–Crippen MR) is 78.1 cm³/mol. The van der Waals surface area contributed by atoms with Crippen molar-refractivity contribution >= 4 is 23.4 Å². The molecule has 19 heavy (non-hydrogen) atoms. The lowest BCUT2D eigenvalue weighted by Gasteiger charge is -2.09. The molecule has 0 N–H and O–H groups in total. The summed E-state index contributed by atoms with van der Waals surface area (Å²) < 4.78 is 7.63. The second-order valence-corrected chi connectivity index (χ2v) is 5.97. The number of thioether (sulfide) groups is 1. The lowest BCUT2D eigenvalue weighted by Crippen LogP contribution is -1.96. The molecular weight excluding hydrogens is 280 g/mol. The molecule has 1 aliphatic rings. The van der Waals surface area contributed by atoms with Gasteiger partial charge in [-0.25, -0.2) is 4.98 Å². The fourth-order valence-electron chi connectivity index (χ4n) is 2.02. The summed E-state index contributed by atoms with van der Waals surface area (Å²) in [5.74, 6) is 1.67. The van der Waals surface area contributed by atoms with Crippen molar-refractivity contribution in [3.05, 3.63) is 41.2 Å². The smallest absolute Gasteiger partial charge is 0.168 e. The lowest BCUT2D eigenvalue weighted by molar-refractivity contribution is 0.411. The number of rotatable bonds is 5. The van der Waals surface area contributed by atoms with E-state index in [1.54, 1.807) is 18.9 Å². The molecule has 0 unspecified atom stereocenters. The molecular formula is C14H15ClN2OS. The van der Waals surface area contributed by atoms with Crippen LogP contribution in [-0.2, 0) is 5.75 Å². The highest BCUT2D eigenvalue weighted by atomic mass is 35.5. The molecule has 0 amide bonds. The van der Waals surface area contributed by atoms with Crippen molar-refractivity contribution < 1.29 is 4.74 Å². The molecule has 5 heteroatoms. The maximum absolute atomic E-state index is 5.97. The molecule has 0 aliphatic heterocycles. The van der Waals surface area contributed by atoms with Crippen molar-refractivity contribution in [2.24, 2.45) is 0 Å². The van der Waals surface area contributed by atoms with Gasteiger partial charge in [0, 0.05) is 34.8 Å². The van der Waals surface area contributed by atoms with Crippen molar-refractivity contribution in [2.45, 2.75) is 29.8 Å². The number of methoxy groups -OCH3 is 1. The van der Waals surface area contributed by atoms with Crippen LogP contribution in [0.4, 0.5) is 0 Å². The maximum atomic E-state index is 5.97. The third kappa shape index (κ3) is 2.90. The molecule has 0 spiro atoms. The van der Waals surface area contributed by atoms with Crippen molar-refractivity contribution in [3.63, 3.8) is 0 Å². The Kier molecular flexibility index (Phi) is 3.71. The molecule has 1 saturated carbocycles. The van der Waals surface area contributed by atoms with Gasteiger partial charge in [0.25, 0.3) is 0 Å². The second kappa shape index (κ2) is 5.47. The van der Waals surface area contributed by atoms with Gasteiger partial charge in [-0.15, -0.1) is 0 Å². The Morgan fingerprint density at radius 3 is 3.05 bits per heavy atom. The highest BCUT2D eigenvalue weighted by molar-refractivity contribution is 7.98. The standard InChI is InChI=1S/C14H15ClN2OS/c1-18-13-8-11(15)3-2-10(13)9-19-14-16-6-7-17(14)12-4-5-12/h2-3,6-8,12H,4-5,9H2,1H3. The Labute approximate surface area is 121 Å². The number of ether oxygens (including phenoxy) is 1. The van der Waals surface area contributed by atoms with Crippen LogP contribution in [0.3, 0.4) is 0 Å². The van der Waals surface area contributed by atoms with E-state index in [1.807, 2.05) is 24.4 Å². The van der Waals surface area contributed by atoms with Crippen molar-refractivity contribution in [1.29, 1.82) is 0 Å². The summed E-state index contributed by atoms with van der Waals surface area (Å²) in [6, 6.07) is 6.42. The molecule has 2 aromatic rings. The van der Waals surface area contributed by atoms with E-state index < -0.39 is 0 Å². The Bertz CT molecular complexity index is 581. The molecule has 1 fully saturated rings. The van der Waals surface area contributed by atoms with Crippen LogP contribution in [0.1, 0.15) is 24.4 Å². The van der Waals surface area contributed by atoms with Crippen molar-refractivity contribution in [1.82, 2.24) is 9.55 Å². The molecule has 100 valence electrons. The molecule has 1 heterocycles. The zero-order chi connectivity index (χ0) is 13.2. The van der Waals surface area contributed by atoms with Crippen LogP contribution >= 0.6 is 23.4 Å². The van der Waals surface area contributed by atoms with Crippen LogP contribution in [0.5, 0.6) is 5.75 Å². The maximum Gasteiger partial charge on any atom is 0.168 e. The number of benzene rings is 1. The lowest BCUT2D eigenvalue weighted by atomic mass is 10.2. The summed E-state index contributed by atoms with van der Waals surface area (Å²) in [6.07, 6.45) is 6.49. The first-order chi connectivity index (χ1) is 9.28. The SMILES string of the molecule is COc1cc(Cl)ccc1CSc1nccn1C1CC1. The molecule has 0 bridgehead atoms. The van der Waals surface area contributed by atoms with Crippen LogP contribution in [0.15, 0.2) is 35.7 Å². The van der Waals surface area contributed by atoms with E-state index in [4.69, 9.17) is 16.3 Å². The summed E-state index contributed by atoms with van der Waals surface area (Å²) in [5.41, 5.74) is 1.14. The summed E-state index contributed by atoms with van der Waals surface area (Å²) in [7, 11) is 1.67. The van der Waals surface area contributed by atoms with Gasteiger partial charge in [-0.2, -0.15) is 0 Å². The molecule has 3 nitrogen and oxygen atoms in total. The minimum Gasteiger partial charge on any atom is -0.496 e. The van der Waals surface area contributed by atoms with E-state index in [1.165, 1.54) is 12.8 Å². The third-order valence-electron chi connectivity index (χ3n) is 3.18. The first-order valence-electron chi connectivity index (χ1n) is 6.26. The van der Waals surface area contributed by atoms with Gasteiger partial charge in [-0.3, -0.25) is 0 Å². The van der Waals surface area contributed by atoms with Crippen LogP contribution in [0.25, 0.3) is 0 Å². The highest BCUT2D eigenvalue weighted by Gasteiger charge is 2.25. The minimum absolute atomic E-state index is 0.664. The van der Waals surface area contributed by atoms with Gasteiger partial charge in [0.1, 0.15) is 5.75 Å². The Hall–Kier alpha value is -1.13. The van der Waals surface area contributed by atoms with Crippen molar-refractivity contribution in [2.75, 3.05) is 7.11 Å². The molecule has 0 atom stereocenters. The summed E-state index contributed by atoms with van der Waals surface area (Å²) in [4.78, 5) is 4.42. The highest BCUT2D eigenvalue weighted by Crippen LogP contribution is 2.38. The minimum atomic E-state index is 0.664. The Morgan fingerprint density at radius 1 is 1.47 bits per heavy atom. The quantitative estimate of drug-likeness (QED) is 0.774. The van der Waals surface area contributed by atoms with Crippen LogP contribution in [0.2, 0.25) is 5.02 Å². The van der Waals surface area contributed by atoms with Gasteiger partial charge < -0.3 is 9.30 Å². The first-order valence-corrected chi connectivity index (χ1v) is 7.62. The van der Waals surface area contributed by atoms with Gasteiger partial charge in [0.2, 0.25) is 0 Å². The van der Waals surface area contributed by atoms with E-state index >= 15 is 0 Å². The van der Waals surface area contributed by atoms with E-state index in [-0.39, 0.29) is 0 Å². The Balaban J connectivity index is 1.73. The number of hydrogen-bond donors (Lipinski definition) is 0. The Morgan fingerprint density at radius 2 is 2.32 bits per heavy atom. The zero-order valence-electron chi connectivity index (χ0n) is 10.7. The predicted octanol–water partition coefficient (Wildman–Crippen LogP) is 4.17. The van der Waals surface area contributed by atoms with E-state index in [2.05, 4.69) is 15.7 Å². The number of halogens is 1. The monoisotopic (exact) mass is 294 g/mol. The van der Waals surface area contributed by atoms with E-state index in [0.29, 0.717) is 11.1 Å². The van der Waals surface area contributed by atoms with Crippen LogP contribution < -0.4 is 4.74 Å². The van der Waals surface area contributed by atoms with Gasteiger partial charge >= 0.3 is 0 Å². The average molecular weight is 295 g/mol. The number of aromatic nitrogens is 2. The van der Waals surface area contributed by atoms with Gasteiger partial charge in [-0.05, 0) is 25.0 Å². The zero-order valence-corrected chi connectivity index (χ0v) is 12.2. The number of nitrogens with zero attached hydrogens (tertiary/aromatic N) is 2. The topological polar surface area (TPSA) is 27.1 Å². The van der Waals surface area contributed by atoms with Crippen molar-refractivity contribution in [3.8, 4) is 5.75 Å². The normalized spacial score (nSPS) is 14.6. The molecule has 0 saturated heterocycles. The van der Waals surface area contributed by atoms with Crippen LogP contribution in [0, 0.1) is 0 Å². The molecule has 3 rings (SSSR count). The van der Waals surface area contributed by atoms with Crippen LogP contribution in [-0.4, -0.2) is 16.7 Å². The van der Waals surface area contributed by atoms with Gasteiger partial charge in [0.15, 0.2) is 5.16 Å². The molecule has 1 aliphatic carbocycles. The molecule has 1 aromatic carbocycles. The van der Waals surface area contributed by atoms with Gasteiger partial charge in [-0.1, -0.05) is 29.4 Å². The number of imidazole rings is 1. The first kappa shape index (κ1) is 12.9. The summed E-state index contributed by atoms with van der Waals surface area (Å²) in [5, 5.41) is 1.78. The average Bonchev–Trinajstić information content (AvgIpc) is 3.16.